The predicted molar refractivity (Wildman–Crippen MR) is 48.3 cm³/mol. The Morgan fingerprint density at radius 3 is 2.71 bits per heavy atom. The fraction of sp³-hybridized carbons (Fsp3) is 1.00. The van der Waals surface area contributed by atoms with E-state index in [1.54, 1.807) is 11.8 Å². The number of alkyl halides is 2. The van der Waals surface area contributed by atoms with Gasteiger partial charge in [0.25, 0.3) is 5.92 Å². The Kier molecular flexibility index (Phi) is 3.80. The second-order valence-corrected chi connectivity index (χ2v) is 4.00. The molecule has 0 aliphatic carbocycles. The zero-order valence-corrected chi connectivity index (χ0v) is 8.29. The summed E-state index contributed by atoms with van der Waals surface area (Å²) in [6.07, 6.45) is -0.744. The highest BCUT2D eigenvalue weighted by molar-refractivity contribution is 4.86. The molecule has 1 unspecified atom stereocenters. The fourth-order valence-corrected chi connectivity index (χ4v) is 1.78. The monoisotopic (exact) mass is 209 g/mol. The van der Waals surface area contributed by atoms with Crippen LogP contribution in [0.25, 0.3) is 0 Å². The Morgan fingerprint density at radius 2 is 2.21 bits per heavy atom. The number of hydrogen-bond donors (Lipinski definition) is 2. The molecule has 0 aromatic carbocycles. The van der Waals surface area contributed by atoms with Crippen molar-refractivity contribution in [1.82, 2.24) is 4.90 Å². The third kappa shape index (κ3) is 2.87. The van der Waals surface area contributed by atoms with Gasteiger partial charge in [-0.1, -0.05) is 0 Å². The van der Waals surface area contributed by atoms with E-state index in [0.29, 0.717) is 6.54 Å². The van der Waals surface area contributed by atoms with Crippen molar-refractivity contribution in [2.45, 2.75) is 25.4 Å². The molecule has 1 heterocycles. The molecule has 0 bridgehead atoms. The zero-order valence-electron chi connectivity index (χ0n) is 8.29. The summed E-state index contributed by atoms with van der Waals surface area (Å²) in [5, 5.41) is 17.9. The molecular formula is C9H17F2NO2. The third-order valence-electron chi connectivity index (χ3n) is 2.58. The first-order chi connectivity index (χ1) is 6.45. The van der Waals surface area contributed by atoms with E-state index >= 15 is 0 Å². The van der Waals surface area contributed by atoms with Crippen LogP contribution in [0.15, 0.2) is 0 Å². The van der Waals surface area contributed by atoms with Crippen molar-refractivity contribution in [3.8, 4) is 0 Å². The fourth-order valence-electron chi connectivity index (χ4n) is 1.78. The van der Waals surface area contributed by atoms with E-state index in [4.69, 9.17) is 10.2 Å². The normalized spacial score (nSPS) is 30.2. The van der Waals surface area contributed by atoms with Crippen LogP contribution in [0.5, 0.6) is 0 Å². The van der Waals surface area contributed by atoms with E-state index in [2.05, 4.69) is 0 Å². The number of aliphatic hydroxyl groups excluding tert-OH is 2. The maximum atomic E-state index is 13.1. The van der Waals surface area contributed by atoms with Gasteiger partial charge >= 0.3 is 0 Å². The van der Waals surface area contributed by atoms with Crippen LogP contribution in [0, 0.1) is 5.92 Å². The van der Waals surface area contributed by atoms with Gasteiger partial charge in [-0.25, -0.2) is 8.78 Å². The van der Waals surface area contributed by atoms with E-state index < -0.39 is 24.6 Å². The van der Waals surface area contributed by atoms with Crippen molar-refractivity contribution in [3.63, 3.8) is 0 Å². The second-order valence-electron chi connectivity index (χ2n) is 4.00. The number of aliphatic hydroxyl groups is 2. The first-order valence-corrected chi connectivity index (χ1v) is 4.85. The lowest BCUT2D eigenvalue weighted by Gasteiger charge is -2.37. The number of piperidine rings is 1. The van der Waals surface area contributed by atoms with Crippen molar-refractivity contribution >= 4 is 0 Å². The van der Waals surface area contributed by atoms with Crippen molar-refractivity contribution in [2.24, 2.45) is 5.92 Å². The molecule has 0 amide bonds. The van der Waals surface area contributed by atoms with Crippen LogP contribution < -0.4 is 0 Å². The molecule has 84 valence electrons. The van der Waals surface area contributed by atoms with Gasteiger partial charge in [0, 0.05) is 26.1 Å². The number of β-amino-alcohol motifs (C(OH)–C–C–N with tert-alkyl or cyclic N) is 1. The van der Waals surface area contributed by atoms with Crippen molar-refractivity contribution < 1.29 is 19.0 Å². The van der Waals surface area contributed by atoms with Gasteiger partial charge in [-0.3, -0.25) is 4.90 Å². The Morgan fingerprint density at radius 1 is 1.57 bits per heavy atom. The molecule has 5 heteroatoms. The molecule has 1 fully saturated rings. The lowest BCUT2D eigenvalue weighted by Crippen LogP contribution is -2.50. The highest BCUT2D eigenvalue weighted by Crippen LogP contribution is 2.32. The first-order valence-electron chi connectivity index (χ1n) is 4.85. The van der Waals surface area contributed by atoms with Gasteiger partial charge in [-0.05, 0) is 6.92 Å². The number of likely N-dealkylation sites (tertiary alicyclic amines) is 1. The van der Waals surface area contributed by atoms with Crippen molar-refractivity contribution in [3.05, 3.63) is 0 Å². The molecule has 2 atom stereocenters. The largest absolute Gasteiger partial charge is 0.396 e. The molecular weight excluding hydrogens is 192 g/mol. The molecule has 0 aromatic heterocycles. The summed E-state index contributed by atoms with van der Waals surface area (Å²) in [5.74, 6) is -3.75. The Hall–Kier alpha value is -0.260. The zero-order chi connectivity index (χ0) is 10.8. The summed E-state index contributed by atoms with van der Waals surface area (Å²) in [6, 6.07) is 0. The third-order valence-corrected chi connectivity index (χ3v) is 2.58. The van der Waals surface area contributed by atoms with Crippen molar-refractivity contribution in [1.29, 1.82) is 0 Å². The minimum Gasteiger partial charge on any atom is -0.396 e. The average Bonchev–Trinajstić information content (AvgIpc) is 2.07. The van der Waals surface area contributed by atoms with Gasteiger partial charge in [0.1, 0.15) is 0 Å². The van der Waals surface area contributed by atoms with Crippen LogP contribution in [0.2, 0.25) is 0 Å². The van der Waals surface area contributed by atoms with E-state index in [0.717, 1.165) is 0 Å². The quantitative estimate of drug-likeness (QED) is 0.703. The molecule has 3 nitrogen and oxygen atoms in total. The minimum absolute atomic E-state index is 0.161. The number of rotatable bonds is 3. The van der Waals surface area contributed by atoms with E-state index in [-0.39, 0.29) is 19.5 Å². The number of nitrogens with zero attached hydrogens (tertiary/aromatic N) is 1. The van der Waals surface area contributed by atoms with E-state index in [9.17, 15) is 8.78 Å². The van der Waals surface area contributed by atoms with Gasteiger partial charge in [0.05, 0.1) is 18.6 Å². The number of halogens is 2. The van der Waals surface area contributed by atoms with Crippen LogP contribution in [-0.2, 0) is 0 Å². The maximum absolute atomic E-state index is 13.1. The molecule has 1 rings (SSSR count). The van der Waals surface area contributed by atoms with Gasteiger partial charge in [0.15, 0.2) is 0 Å². The van der Waals surface area contributed by atoms with E-state index in [1.165, 1.54) is 0 Å². The summed E-state index contributed by atoms with van der Waals surface area (Å²) in [7, 11) is 0. The van der Waals surface area contributed by atoms with Gasteiger partial charge in [-0.15, -0.1) is 0 Å². The number of hydrogen-bond acceptors (Lipinski definition) is 3. The summed E-state index contributed by atoms with van der Waals surface area (Å²) < 4.78 is 26.3. The molecule has 2 N–H and O–H groups in total. The summed E-state index contributed by atoms with van der Waals surface area (Å²) >= 11 is 0. The molecule has 0 saturated carbocycles. The van der Waals surface area contributed by atoms with Gasteiger partial charge in [-0.2, -0.15) is 0 Å². The average molecular weight is 209 g/mol. The second kappa shape index (κ2) is 4.51. The highest BCUT2D eigenvalue weighted by atomic mass is 19.3. The lowest BCUT2D eigenvalue weighted by atomic mass is 9.94. The van der Waals surface area contributed by atoms with Gasteiger partial charge < -0.3 is 10.2 Å². The predicted octanol–water partition coefficient (Wildman–Crippen LogP) is 0.317. The van der Waals surface area contributed by atoms with E-state index in [1.807, 2.05) is 0 Å². The van der Waals surface area contributed by atoms with Crippen molar-refractivity contribution in [2.75, 3.05) is 26.2 Å². The molecule has 0 aromatic rings. The highest BCUT2D eigenvalue weighted by Gasteiger charge is 2.43. The lowest BCUT2D eigenvalue weighted by molar-refractivity contribution is -0.123. The molecule has 1 aliphatic heterocycles. The smallest absolute Gasteiger partial charge is 0.255 e. The maximum Gasteiger partial charge on any atom is 0.255 e. The topological polar surface area (TPSA) is 43.7 Å². The molecule has 14 heavy (non-hydrogen) atoms. The Balaban J connectivity index is 2.49. The van der Waals surface area contributed by atoms with Crippen LogP contribution in [0.4, 0.5) is 8.78 Å². The molecule has 1 aliphatic rings. The van der Waals surface area contributed by atoms with Crippen LogP contribution in [0.3, 0.4) is 0 Å². The molecule has 0 radical (unpaired) electrons. The van der Waals surface area contributed by atoms with Crippen LogP contribution in [0.1, 0.15) is 13.3 Å². The first kappa shape index (κ1) is 11.8. The summed E-state index contributed by atoms with van der Waals surface area (Å²) in [4.78, 5) is 1.77. The standard InChI is InChI=1S/C9H17F2NO2/c1-7(14)4-12-3-2-9(10,11)8(5-12)6-13/h7-8,13-14H,2-6H2,1H3/t7-,8?/m0/s1. The van der Waals surface area contributed by atoms with Crippen LogP contribution in [-0.4, -0.2) is 53.4 Å². The summed E-state index contributed by atoms with van der Waals surface area (Å²) in [6.45, 7) is 1.97. The Bertz CT molecular complexity index is 188. The minimum atomic E-state index is -2.76. The Labute approximate surface area is 82.3 Å². The van der Waals surface area contributed by atoms with Gasteiger partial charge in [0.2, 0.25) is 0 Å². The molecule has 0 spiro atoms. The summed E-state index contributed by atoms with van der Waals surface area (Å²) in [5.41, 5.74) is 0. The van der Waals surface area contributed by atoms with Crippen LogP contribution >= 0.6 is 0 Å². The SMILES string of the molecule is C[C@H](O)CN1CCC(F)(F)C(CO)C1. The molecule has 1 saturated heterocycles.